The average Bonchev–Trinajstić information content (AvgIpc) is 3.44. The molecule has 8 heteroatoms. The van der Waals surface area contributed by atoms with Gasteiger partial charge in [0.15, 0.2) is 5.69 Å². The summed E-state index contributed by atoms with van der Waals surface area (Å²) in [7, 11) is 1.70. The third-order valence-electron chi connectivity index (χ3n) is 4.65. The van der Waals surface area contributed by atoms with Crippen LogP contribution in [0.4, 0.5) is 4.39 Å². The van der Waals surface area contributed by atoms with E-state index in [-0.39, 0.29) is 17.4 Å². The molecule has 4 aromatic rings. The number of amides is 1. The van der Waals surface area contributed by atoms with E-state index in [9.17, 15) is 9.18 Å². The number of halogens is 1. The average molecular weight is 416 g/mol. The van der Waals surface area contributed by atoms with Crippen molar-refractivity contribution in [1.29, 1.82) is 0 Å². The van der Waals surface area contributed by atoms with Gasteiger partial charge < -0.3 is 4.90 Å². The van der Waals surface area contributed by atoms with Gasteiger partial charge in [0.25, 0.3) is 5.91 Å². The molecule has 0 saturated carbocycles. The third-order valence-corrected chi connectivity index (χ3v) is 4.65. The van der Waals surface area contributed by atoms with Crippen LogP contribution in [0.25, 0.3) is 11.8 Å². The summed E-state index contributed by atoms with van der Waals surface area (Å²) >= 11 is 0. The molecule has 0 aliphatic rings. The number of nitrogens with zero attached hydrogens (tertiary/aromatic N) is 6. The first kappa shape index (κ1) is 20.2. The van der Waals surface area contributed by atoms with Crippen LogP contribution in [0.15, 0.2) is 79.3 Å². The van der Waals surface area contributed by atoms with Crippen molar-refractivity contribution in [1.82, 2.24) is 29.7 Å². The Morgan fingerprint density at radius 1 is 1.10 bits per heavy atom. The lowest BCUT2D eigenvalue weighted by molar-refractivity contribution is 0.0779. The highest BCUT2D eigenvalue weighted by molar-refractivity contribution is 5.91. The molecule has 0 aliphatic carbocycles. The Bertz CT molecular complexity index is 1180. The number of carbonyl (C=O) groups excluding carboxylic acids is 1. The molecule has 0 radical (unpaired) electrons. The first-order valence-corrected chi connectivity index (χ1v) is 9.75. The Morgan fingerprint density at radius 3 is 2.65 bits per heavy atom. The van der Waals surface area contributed by atoms with Gasteiger partial charge in [-0.15, -0.1) is 5.10 Å². The van der Waals surface area contributed by atoms with E-state index in [4.69, 9.17) is 0 Å². The van der Waals surface area contributed by atoms with Crippen LogP contribution < -0.4 is 0 Å². The van der Waals surface area contributed by atoms with Crippen molar-refractivity contribution in [3.63, 3.8) is 0 Å². The zero-order valence-corrected chi connectivity index (χ0v) is 17.0. The van der Waals surface area contributed by atoms with Gasteiger partial charge in [0, 0.05) is 25.4 Å². The minimum absolute atomic E-state index is 0.229. The van der Waals surface area contributed by atoms with Crippen LogP contribution >= 0.6 is 0 Å². The van der Waals surface area contributed by atoms with Crippen molar-refractivity contribution in [3.8, 4) is 5.69 Å². The van der Waals surface area contributed by atoms with E-state index in [2.05, 4.69) is 15.4 Å². The molecule has 0 fully saturated rings. The van der Waals surface area contributed by atoms with Gasteiger partial charge in [0.1, 0.15) is 5.82 Å². The molecule has 0 bridgehead atoms. The van der Waals surface area contributed by atoms with Crippen molar-refractivity contribution in [2.75, 3.05) is 7.05 Å². The molecular formula is C23H21FN6O. The monoisotopic (exact) mass is 416 g/mol. The molecule has 7 nitrogen and oxygen atoms in total. The molecule has 0 unspecified atom stereocenters. The molecular weight excluding hydrogens is 395 g/mol. The molecule has 0 aliphatic heterocycles. The largest absolute Gasteiger partial charge is 0.336 e. The van der Waals surface area contributed by atoms with Crippen LogP contribution in [-0.2, 0) is 13.1 Å². The van der Waals surface area contributed by atoms with Crippen LogP contribution in [0.2, 0.25) is 0 Å². The maximum Gasteiger partial charge on any atom is 0.276 e. The minimum Gasteiger partial charge on any atom is -0.336 e. The number of hydrogen-bond donors (Lipinski definition) is 0. The summed E-state index contributed by atoms with van der Waals surface area (Å²) in [5.41, 5.74) is 2.97. The van der Waals surface area contributed by atoms with E-state index in [1.165, 1.54) is 12.1 Å². The molecule has 31 heavy (non-hydrogen) atoms. The molecule has 4 rings (SSSR count). The standard InChI is InChI=1S/C23H21FN6O/c1-28(15-19-14-25-30(16-19)21-11-9-20(24)10-12-21)23(31)22-17-29(27-26-22)13-5-8-18-6-3-2-4-7-18/h2-12,14,16-17H,13,15H2,1H3/b8-5+. The predicted molar refractivity (Wildman–Crippen MR) is 115 cm³/mol. The number of hydrogen-bond acceptors (Lipinski definition) is 4. The summed E-state index contributed by atoms with van der Waals surface area (Å²) < 4.78 is 16.3. The van der Waals surface area contributed by atoms with Crippen LogP contribution in [-0.4, -0.2) is 42.6 Å². The summed E-state index contributed by atoms with van der Waals surface area (Å²) in [6.45, 7) is 0.879. The summed E-state index contributed by atoms with van der Waals surface area (Å²) in [6, 6.07) is 16.0. The lowest BCUT2D eigenvalue weighted by Gasteiger charge is -2.14. The SMILES string of the molecule is CN(Cc1cnn(-c2ccc(F)cc2)c1)C(=O)c1cn(C/C=C/c2ccccc2)nn1. The van der Waals surface area contributed by atoms with Crippen LogP contribution in [0, 0.1) is 5.82 Å². The van der Waals surface area contributed by atoms with Gasteiger partial charge in [-0.2, -0.15) is 5.10 Å². The molecule has 2 aromatic heterocycles. The Morgan fingerprint density at radius 2 is 1.87 bits per heavy atom. The van der Waals surface area contributed by atoms with Crippen LogP contribution in [0.1, 0.15) is 21.6 Å². The lowest BCUT2D eigenvalue weighted by Crippen LogP contribution is -2.26. The fraction of sp³-hybridized carbons (Fsp3) is 0.130. The van der Waals surface area contributed by atoms with E-state index in [1.807, 2.05) is 48.7 Å². The minimum atomic E-state index is -0.301. The van der Waals surface area contributed by atoms with Crippen molar-refractivity contribution in [2.45, 2.75) is 13.1 Å². The highest BCUT2D eigenvalue weighted by atomic mass is 19.1. The first-order chi connectivity index (χ1) is 15.1. The molecule has 2 heterocycles. The number of allylic oxidation sites excluding steroid dienone is 1. The highest BCUT2D eigenvalue weighted by Crippen LogP contribution is 2.12. The Kier molecular flexibility index (Phi) is 5.98. The smallest absolute Gasteiger partial charge is 0.276 e. The van der Waals surface area contributed by atoms with Gasteiger partial charge in [0.2, 0.25) is 0 Å². The van der Waals surface area contributed by atoms with Crippen molar-refractivity contribution in [2.24, 2.45) is 0 Å². The Hall–Kier alpha value is -4.07. The molecule has 156 valence electrons. The second-order valence-corrected chi connectivity index (χ2v) is 7.07. The van der Waals surface area contributed by atoms with Crippen LogP contribution in [0.3, 0.4) is 0 Å². The normalized spacial score (nSPS) is 11.2. The number of carbonyl (C=O) groups is 1. The Labute approximate surface area is 179 Å². The first-order valence-electron chi connectivity index (χ1n) is 9.75. The summed E-state index contributed by atoms with van der Waals surface area (Å²) in [4.78, 5) is 14.3. The zero-order chi connectivity index (χ0) is 21.6. The molecule has 1 amide bonds. The highest BCUT2D eigenvalue weighted by Gasteiger charge is 2.16. The van der Waals surface area contributed by atoms with E-state index >= 15 is 0 Å². The zero-order valence-electron chi connectivity index (χ0n) is 17.0. The van der Waals surface area contributed by atoms with Gasteiger partial charge >= 0.3 is 0 Å². The number of aromatic nitrogens is 5. The second-order valence-electron chi connectivity index (χ2n) is 7.07. The fourth-order valence-corrected chi connectivity index (χ4v) is 3.06. The number of rotatable bonds is 7. The summed E-state index contributed by atoms with van der Waals surface area (Å²) in [5.74, 6) is -0.530. The third kappa shape index (κ3) is 5.11. The lowest BCUT2D eigenvalue weighted by atomic mass is 10.2. The van der Waals surface area contributed by atoms with Crippen LogP contribution in [0.5, 0.6) is 0 Å². The van der Waals surface area contributed by atoms with Crippen molar-refractivity contribution in [3.05, 3.63) is 102 Å². The van der Waals surface area contributed by atoms with Gasteiger partial charge in [-0.1, -0.05) is 47.7 Å². The summed E-state index contributed by atoms with van der Waals surface area (Å²) in [6.07, 6.45) is 9.08. The van der Waals surface area contributed by atoms with E-state index < -0.39 is 0 Å². The molecule has 0 spiro atoms. The molecule has 0 saturated heterocycles. The van der Waals surface area contributed by atoms with Gasteiger partial charge in [-0.05, 0) is 29.8 Å². The van der Waals surface area contributed by atoms with E-state index in [0.29, 0.717) is 13.1 Å². The van der Waals surface area contributed by atoms with E-state index in [0.717, 1.165) is 16.8 Å². The molecule has 2 aromatic carbocycles. The fourth-order valence-electron chi connectivity index (χ4n) is 3.06. The van der Waals surface area contributed by atoms with Crippen molar-refractivity contribution < 1.29 is 9.18 Å². The summed E-state index contributed by atoms with van der Waals surface area (Å²) in [5, 5.41) is 12.3. The Balaban J connectivity index is 1.35. The maximum atomic E-state index is 13.1. The predicted octanol–water partition coefficient (Wildman–Crippen LogP) is 3.59. The molecule has 0 N–H and O–H groups in total. The van der Waals surface area contributed by atoms with Gasteiger partial charge in [0.05, 0.1) is 24.6 Å². The number of benzene rings is 2. The van der Waals surface area contributed by atoms with Gasteiger partial charge in [-0.25, -0.2) is 13.8 Å². The quantitative estimate of drug-likeness (QED) is 0.462. The topological polar surface area (TPSA) is 68.8 Å². The van der Waals surface area contributed by atoms with E-state index in [1.54, 1.807) is 45.8 Å². The van der Waals surface area contributed by atoms with Crippen molar-refractivity contribution >= 4 is 12.0 Å². The maximum absolute atomic E-state index is 13.1. The second kappa shape index (κ2) is 9.17. The van der Waals surface area contributed by atoms with Gasteiger partial charge in [-0.3, -0.25) is 4.79 Å². The molecule has 0 atom stereocenters.